The zero-order valence-electron chi connectivity index (χ0n) is 21.5. The highest BCUT2D eigenvalue weighted by atomic mass is 32.2. The summed E-state index contributed by atoms with van der Waals surface area (Å²) in [6.07, 6.45) is 0.415. The second-order valence-corrected chi connectivity index (χ2v) is 12.6. The van der Waals surface area contributed by atoms with Crippen LogP contribution in [0.1, 0.15) is 56.3 Å². The van der Waals surface area contributed by atoms with Gasteiger partial charge in [-0.05, 0) is 57.7 Å². The zero-order valence-corrected chi connectivity index (χ0v) is 22.3. The van der Waals surface area contributed by atoms with E-state index in [1.54, 1.807) is 75.4 Å². The number of hydrogen-bond donors (Lipinski definition) is 2. The molecule has 1 saturated carbocycles. The lowest BCUT2D eigenvalue weighted by atomic mass is 9.73. The molecule has 3 aromatic rings. The molecular formula is C27H31N3O7S. The van der Waals surface area contributed by atoms with Crippen LogP contribution in [-0.4, -0.2) is 54.1 Å². The Morgan fingerprint density at radius 2 is 1.71 bits per heavy atom. The van der Waals surface area contributed by atoms with Gasteiger partial charge >= 0.3 is 6.09 Å². The van der Waals surface area contributed by atoms with Gasteiger partial charge in [-0.25, -0.2) is 18.2 Å². The first-order chi connectivity index (χ1) is 17.9. The van der Waals surface area contributed by atoms with Crippen molar-refractivity contribution in [3.8, 4) is 0 Å². The standard InChI is InChI=1S/C27H31N3O7S/c1-26(2,3)37-25(33)28-16-21(38(34,35)17-18-10-5-4-6-11-18)23(32)30-27(14-9-15-27)22(31)24-29-19-12-7-8-13-20(19)36-24/h4-8,10-13,21H,9,14-17H2,1-3H3,(H,28,33)(H,30,32). The number of carbonyl (C=O) groups excluding carboxylic acids is 3. The van der Waals surface area contributed by atoms with Gasteiger partial charge in [0.15, 0.2) is 20.7 Å². The minimum absolute atomic E-state index is 0.151. The molecule has 4 rings (SSSR count). The van der Waals surface area contributed by atoms with Crippen molar-refractivity contribution in [3.63, 3.8) is 0 Å². The van der Waals surface area contributed by atoms with Crippen molar-refractivity contribution in [2.45, 2.75) is 62.2 Å². The summed E-state index contributed by atoms with van der Waals surface area (Å²) in [5.41, 5.74) is -0.733. The predicted molar refractivity (Wildman–Crippen MR) is 140 cm³/mol. The van der Waals surface area contributed by atoms with Crippen LogP contribution in [0.3, 0.4) is 0 Å². The number of rotatable bonds is 9. The number of ether oxygens (including phenoxy) is 1. The molecule has 0 aliphatic heterocycles. The number of benzene rings is 2. The molecular weight excluding hydrogens is 510 g/mol. The van der Waals surface area contributed by atoms with Crippen LogP contribution in [0.2, 0.25) is 0 Å². The zero-order chi connectivity index (χ0) is 27.6. The van der Waals surface area contributed by atoms with Gasteiger partial charge in [0.05, 0.1) is 5.75 Å². The Morgan fingerprint density at radius 1 is 1.05 bits per heavy atom. The minimum atomic E-state index is -4.11. The number of para-hydroxylation sites is 2. The van der Waals surface area contributed by atoms with E-state index in [2.05, 4.69) is 15.6 Å². The summed E-state index contributed by atoms with van der Waals surface area (Å²) in [4.78, 5) is 43.5. The van der Waals surface area contributed by atoms with Crippen molar-refractivity contribution in [1.29, 1.82) is 0 Å². The van der Waals surface area contributed by atoms with Gasteiger partial charge in [0.2, 0.25) is 11.7 Å². The highest BCUT2D eigenvalue weighted by Crippen LogP contribution is 2.36. The molecule has 1 unspecified atom stereocenters. The van der Waals surface area contributed by atoms with Gasteiger partial charge in [0.25, 0.3) is 5.89 Å². The molecule has 0 saturated heterocycles. The topological polar surface area (TPSA) is 145 Å². The van der Waals surface area contributed by atoms with Crippen LogP contribution >= 0.6 is 0 Å². The van der Waals surface area contributed by atoms with Gasteiger partial charge in [-0.2, -0.15) is 0 Å². The molecule has 38 heavy (non-hydrogen) atoms. The van der Waals surface area contributed by atoms with Crippen LogP contribution in [0.15, 0.2) is 59.0 Å². The Kier molecular flexibility index (Phi) is 7.59. The van der Waals surface area contributed by atoms with E-state index in [0.717, 1.165) is 0 Å². The van der Waals surface area contributed by atoms with Crippen LogP contribution in [0.5, 0.6) is 0 Å². The Balaban J connectivity index is 1.57. The van der Waals surface area contributed by atoms with Gasteiger partial charge in [-0.3, -0.25) is 9.59 Å². The average Bonchev–Trinajstić information content (AvgIpc) is 3.24. The van der Waals surface area contributed by atoms with Crippen molar-refractivity contribution in [2.75, 3.05) is 6.54 Å². The van der Waals surface area contributed by atoms with Crippen LogP contribution in [0, 0.1) is 0 Å². The number of hydrogen-bond acceptors (Lipinski definition) is 8. The Hall–Kier alpha value is -3.73. The summed E-state index contributed by atoms with van der Waals surface area (Å²) in [5, 5.41) is 3.41. The summed E-state index contributed by atoms with van der Waals surface area (Å²) >= 11 is 0. The number of Topliss-reactive ketones (excluding diaryl/α,β-unsaturated/α-hetero) is 1. The number of amides is 2. The second kappa shape index (κ2) is 10.6. The number of alkyl carbamates (subject to hydrolysis) is 1. The highest BCUT2D eigenvalue weighted by Gasteiger charge is 2.49. The summed E-state index contributed by atoms with van der Waals surface area (Å²) in [6.45, 7) is 4.48. The summed E-state index contributed by atoms with van der Waals surface area (Å²) < 4.78 is 37.7. The largest absolute Gasteiger partial charge is 0.444 e. The first kappa shape index (κ1) is 27.3. The first-order valence-corrected chi connectivity index (χ1v) is 14.0. The van der Waals surface area contributed by atoms with Crippen molar-refractivity contribution in [3.05, 3.63) is 66.1 Å². The predicted octanol–water partition coefficient (Wildman–Crippen LogP) is 3.56. The van der Waals surface area contributed by atoms with Gasteiger partial charge in [-0.15, -0.1) is 0 Å². The molecule has 2 amide bonds. The van der Waals surface area contributed by atoms with Gasteiger partial charge < -0.3 is 19.8 Å². The molecule has 2 N–H and O–H groups in total. The number of carbonyl (C=O) groups is 3. The van der Waals surface area contributed by atoms with E-state index in [0.29, 0.717) is 35.9 Å². The van der Waals surface area contributed by atoms with E-state index in [1.807, 2.05) is 0 Å². The fraction of sp³-hybridized carbons (Fsp3) is 0.407. The van der Waals surface area contributed by atoms with E-state index >= 15 is 0 Å². The Labute approximate surface area is 221 Å². The van der Waals surface area contributed by atoms with Crippen molar-refractivity contribution in [1.82, 2.24) is 15.6 Å². The third-order valence-corrected chi connectivity index (χ3v) is 8.24. The highest BCUT2D eigenvalue weighted by molar-refractivity contribution is 7.92. The van der Waals surface area contributed by atoms with Crippen molar-refractivity contribution < 1.29 is 32.0 Å². The molecule has 1 atom stereocenters. The second-order valence-electron chi connectivity index (χ2n) is 10.4. The fourth-order valence-electron chi connectivity index (χ4n) is 4.21. The van der Waals surface area contributed by atoms with Gasteiger partial charge in [0, 0.05) is 6.54 Å². The van der Waals surface area contributed by atoms with E-state index < -0.39 is 56.3 Å². The Morgan fingerprint density at radius 3 is 2.32 bits per heavy atom. The van der Waals surface area contributed by atoms with E-state index in [9.17, 15) is 22.8 Å². The van der Waals surface area contributed by atoms with Gasteiger partial charge in [-0.1, -0.05) is 42.5 Å². The van der Waals surface area contributed by atoms with Crippen LogP contribution in [0.4, 0.5) is 4.79 Å². The molecule has 1 aromatic heterocycles. The molecule has 1 heterocycles. The number of fused-ring (bicyclic) bond motifs is 1. The molecule has 0 bridgehead atoms. The first-order valence-electron chi connectivity index (χ1n) is 12.3. The smallest absolute Gasteiger partial charge is 0.407 e. The monoisotopic (exact) mass is 541 g/mol. The summed E-state index contributed by atoms with van der Waals surface area (Å²) in [5.74, 6) is -1.98. The molecule has 0 spiro atoms. The lowest BCUT2D eigenvalue weighted by Crippen LogP contribution is -2.62. The fourth-order valence-corrected chi connectivity index (χ4v) is 5.79. The van der Waals surface area contributed by atoms with Crippen LogP contribution in [0.25, 0.3) is 11.1 Å². The SMILES string of the molecule is CC(C)(C)OC(=O)NCC(C(=O)NC1(C(=O)c2nc3ccccc3o2)CCC1)S(=O)(=O)Cc1ccccc1. The maximum absolute atomic E-state index is 13.5. The number of nitrogens with one attached hydrogen (secondary N) is 2. The molecule has 1 aliphatic rings. The third-order valence-electron chi connectivity index (χ3n) is 6.26. The lowest BCUT2D eigenvalue weighted by Gasteiger charge is -2.40. The summed E-state index contributed by atoms with van der Waals surface area (Å²) in [6, 6.07) is 15.3. The quantitative estimate of drug-likeness (QED) is 0.391. The number of aromatic nitrogens is 1. The maximum atomic E-state index is 13.5. The number of oxazole rings is 1. The third kappa shape index (κ3) is 6.21. The maximum Gasteiger partial charge on any atom is 0.407 e. The number of sulfone groups is 1. The van der Waals surface area contributed by atoms with Crippen LogP contribution in [-0.2, 0) is 25.1 Å². The normalized spacial score (nSPS) is 15.8. The molecule has 1 fully saturated rings. The van der Waals surface area contributed by atoms with E-state index in [-0.39, 0.29) is 5.89 Å². The average molecular weight is 542 g/mol. The minimum Gasteiger partial charge on any atom is -0.444 e. The molecule has 2 aromatic carbocycles. The molecule has 10 nitrogen and oxygen atoms in total. The molecule has 11 heteroatoms. The van der Waals surface area contributed by atoms with E-state index in [4.69, 9.17) is 9.15 Å². The van der Waals surface area contributed by atoms with Gasteiger partial charge in [0.1, 0.15) is 16.7 Å². The number of ketones is 1. The lowest BCUT2D eigenvalue weighted by molar-refractivity contribution is -0.123. The Bertz CT molecular complexity index is 1410. The molecule has 1 aliphatic carbocycles. The van der Waals surface area contributed by atoms with Crippen molar-refractivity contribution in [2.24, 2.45) is 0 Å². The summed E-state index contributed by atoms with van der Waals surface area (Å²) in [7, 11) is -4.11. The van der Waals surface area contributed by atoms with Crippen LogP contribution < -0.4 is 10.6 Å². The molecule has 202 valence electrons. The molecule has 0 radical (unpaired) electrons. The van der Waals surface area contributed by atoms with Crippen molar-refractivity contribution >= 4 is 38.7 Å². The van der Waals surface area contributed by atoms with E-state index in [1.165, 1.54) is 0 Å². The number of nitrogens with zero attached hydrogens (tertiary/aromatic N) is 1.